The topological polar surface area (TPSA) is 46.2 Å². The second kappa shape index (κ2) is 4.94. The number of terminal acetylenes is 1. The summed E-state index contributed by atoms with van der Waals surface area (Å²) in [6.45, 7) is 0.267. The molecular formula is C8H8BrNO2S2. The van der Waals surface area contributed by atoms with Gasteiger partial charge in [0.15, 0.2) is 0 Å². The molecule has 1 heterocycles. The first kappa shape index (κ1) is 11.7. The van der Waals surface area contributed by atoms with Gasteiger partial charge in [0.25, 0.3) is 10.0 Å². The quantitative estimate of drug-likeness (QED) is 0.680. The summed E-state index contributed by atoms with van der Waals surface area (Å²) in [4.78, 5) is 0. The van der Waals surface area contributed by atoms with Crippen molar-refractivity contribution in [2.24, 2.45) is 0 Å². The van der Waals surface area contributed by atoms with Crippen molar-refractivity contribution < 1.29 is 8.42 Å². The van der Waals surface area contributed by atoms with E-state index in [1.54, 1.807) is 11.4 Å². The molecule has 14 heavy (non-hydrogen) atoms. The van der Waals surface area contributed by atoms with Crippen molar-refractivity contribution in [2.45, 2.75) is 10.6 Å². The zero-order chi connectivity index (χ0) is 10.6. The molecule has 0 radical (unpaired) electrons. The van der Waals surface area contributed by atoms with Crippen molar-refractivity contribution in [3.8, 4) is 12.3 Å². The summed E-state index contributed by atoms with van der Waals surface area (Å²) in [5.74, 6) is 2.36. The van der Waals surface area contributed by atoms with Crippen LogP contribution >= 0.6 is 27.3 Å². The maximum absolute atomic E-state index is 11.6. The highest BCUT2D eigenvalue weighted by Crippen LogP contribution is 2.27. The molecule has 0 aromatic carbocycles. The molecule has 0 atom stereocenters. The molecule has 6 heteroatoms. The Morgan fingerprint density at radius 2 is 2.36 bits per heavy atom. The second-order valence-electron chi connectivity index (χ2n) is 2.41. The molecule has 0 amide bonds. The normalized spacial score (nSPS) is 11.1. The van der Waals surface area contributed by atoms with Gasteiger partial charge in [-0.3, -0.25) is 0 Å². The zero-order valence-corrected chi connectivity index (χ0v) is 10.4. The van der Waals surface area contributed by atoms with Gasteiger partial charge in [-0.1, -0.05) is 0 Å². The largest absolute Gasteiger partial charge is 0.251 e. The van der Waals surface area contributed by atoms with Crippen LogP contribution in [0.25, 0.3) is 0 Å². The molecule has 1 aromatic rings. The fourth-order valence-corrected chi connectivity index (χ4v) is 4.21. The van der Waals surface area contributed by atoms with Crippen LogP contribution < -0.4 is 4.72 Å². The van der Waals surface area contributed by atoms with E-state index in [0.29, 0.717) is 10.9 Å². The highest BCUT2D eigenvalue weighted by atomic mass is 79.9. The number of thiophene rings is 1. The molecule has 1 N–H and O–H groups in total. The van der Waals surface area contributed by atoms with Crippen LogP contribution in [0.1, 0.15) is 6.42 Å². The van der Waals surface area contributed by atoms with E-state index in [9.17, 15) is 8.42 Å². The lowest BCUT2D eigenvalue weighted by Crippen LogP contribution is -2.23. The van der Waals surface area contributed by atoms with Gasteiger partial charge in [0, 0.05) is 17.4 Å². The zero-order valence-electron chi connectivity index (χ0n) is 7.16. The molecule has 0 saturated carbocycles. The predicted molar refractivity (Wildman–Crippen MR) is 60.7 cm³/mol. The van der Waals surface area contributed by atoms with Gasteiger partial charge in [-0.25, -0.2) is 13.1 Å². The molecular weight excluding hydrogens is 286 g/mol. The maximum atomic E-state index is 11.6. The Morgan fingerprint density at radius 3 is 2.86 bits per heavy atom. The Balaban J connectivity index is 2.78. The summed E-state index contributed by atoms with van der Waals surface area (Å²) in [6, 6.07) is 1.69. The van der Waals surface area contributed by atoms with E-state index in [1.807, 2.05) is 0 Å². The monoisotopic (exact) mass is 293 g/mol. The van der Waals surface area contributed by atoms with Gasteiger partial charge in [0.05, 0.1) is 0 Å². The Labute approximate surface area is 95.7 Å². The molecule has 0 aliphatic carbocycles. The smallest absolute Gasteiger partial charge is 0.209 e. The molecule has 1 aromatic heterocycles. The van der Waals surface area contributed by atoms with E-state index in [4.69, 9.17) is 6.42 Å². The van der Waals surface area contributed by atoms with Gasteiger partial charge in [-0.05, 0) is 27.4 Å². The number of sulfonamides is 1. The number of hydrogen-bond acceptors (Lipinski definition) is 3. The van der Waals surface area contributed by atoms with Crippen molar-refractivity contribution in [1.29, 1.82) is 0 Å². The van der Waals surface area contributed by atoms with Gasteiger partial charge < -0.3 is 0 Å². The second-order valence-corrected chi connectivity index (χ2v) is 6.14. The first-order valence-corrected chi connectivity index (χ1v) is 6.89. The van der Waals surface area contributed by atoms with E-state index < -0.39 is 10.0 Å². The van der Waals surface area contributed by atoms with Gasteiger partial charge >= 0.3 is 0 Å². The van der Waals surface area contributed by atoms with Crippen LogP contribution in [0.2, 0.25) is 0 Å². The highest BCUT2D eigenvalue weighted by Gasteiger charge is 2.17. The summed E-state index contributed by atoms with van der Waals surface area (Å²) in [7, 11) is -3.39. The lowest BCUT2D eigenvalue weighted by Gasteiger charge is -2.02. The van der Waals surface area contributed by atoms with Crippen LogP contribution in [-0.2, 0) is 10.0 Å². The SMILES string of the molecule is C#CCCNS(=O)(=O)c1sccc1Br. The third kappa shape index (κ3) is 2.82. The highest BCUT2D eigenvalue weighted by molar-refractivity contribution is 9.10. The number of rotatable bonds is 4. The summed E-state index contributed by atoms with van der Waals surface area (Å²) >= 11 is 4.33. The fourth-order valence-electron chi connectivity index (χ4n) is 0.795. The van der Waals surface area contributed by atoms with E-state index in [0.717, 1.165) is 0 Å². The first-order valence-electron chi connectivity index (χ1n) is 3.74. The van der Waals surface area contributed by atoms with Crippen LogP contribution in [0.15, 0.2) is 20.1 Å². The van der Waals surface area contributed by atoms with E-state index >= 15 is 0 Å². The number of hydrogen-bond donors (Lipinski definition) is 1. The molecule has 0 aliphatic heterocycles. The van der Waals surface area contributed by atoms with Crippen LogP contribution in [0.4, 0.5) is 0 Å². The Bertz CT molecular complexity index is 444. The Hall–Kier alpha value is -0.350. The van der Waals surface area contributed by atoms with Crippen molar-refractivity contribution in [2.75, 3.05) is 6.54 Å². The van der Waals surface area contributed by atoms with Gasteiger partial charge in [0.2, 0.25) is 0 Å². The lowest BCUT2D eigenvalue weighted by molar-refractivity contribution is 0.584. The molecule has 3 nitrogen and oxygen atoms in total. The minimum absolute atomic E-state index is 0.267. The first-order chi connectivity index (χ1) is 6.58. The molecule has 0 unspecified atom stereocenters. The van der Waals surface area contributed by atoms with Gasteiger partial charge in [-0.15, -0.1) is 23.7 Å². The van der Waals surface area contributed by atoms with Crippen molar-refractivity contribution in [3.63, 3.8) is 0 Å². The van der Waals surface area contributed by atoms with Gasteiger partial charge in [-0.2, -0.15) is 0 Å². The molecule has 0 fully saturated rings. The van der Waals surface area contributed by atoms with E-state index in [1.165, 1.54) is 11.3 Å². The van der Waals surface area contributed by atoms with Crippen LogP contribution in [-0.4, -0.2) is 15.0 Å². The Morgan fingerprint density at radius 1 is 1.64 bits per heavy atom. The minimum Gasteiger partial charge on any atom is -0.209 e. The third-order valence-corrected chi connectivity index (χ3v) is 5.52. The minimum atomic E-state index is -3.39. The fraction of sp³-hybridized carbons (Fsp3) is 0.250. The standard InChI is InChI=1S/C8H8BrNO2S2/c1-2-3-5-10-14(11,12)8-7(9)4-6-13-8/h1,4,6,10H,3,5H2. The summed E-state index contributed by atoms with van der Waals surface area (Å²) in [6.07, 6.45) is 5.41. The van der Waals surface area contributed by atoms with Crippen LogP contribution in [0, 0.1) is 12.3 Å². The van der Waals surface area contributed by atoms with Crippen LogP contribution in [0.5, 0.6) is 0 Å². The van der Waals surface area contributed by atoms with Crippen molar-refractivity contribution >= 4 is 37.3 Å². The molecule has 1 rings (SSSR count). The molecule has 0 bridgehead atoms. The number of halogens is 1. The average Bonchev–Trinajstić information content (AvgIpc) is 2.52. The van der Waals surface area contributed by atoms with Crippen molar-refractivity contribution in [1.82, 2.24) is 4.72 Å². The van der Waals surface area contributed by atoms with Crippen molar-refractivity contribution in [3.05, 3.63) is 15.9 Å². The molecule has 76 valence electrons. The average molecular weight is 294 g/mol. The van der Waals surface area contributed by atoms with Crippen LogP contribution in [0.3, 0.4) is 0 Å². The van der Waals surface area contributed by atoms with Gasteiger partial charge in [0.1, 0.15) is 4.21 Å². The molecule has 0 spiro atoms. The maximum Gasteiger partial charge on any atom is 0.251 e. The Kier molecular flexibility index (Phi) is 4.13. The summed E-state index contributed by atoms with van der Waals surface area (Å²) in [5.41, 5.74) is 0. The predicted octanol–water partition coefficient (Wildman–Crippen LogP) is 1.81. The van der Waals surface area contributed by atoms with E-state index in [2.05, 4.69) is 26.6 Å². The number of nitrogens with one attached hydrogen (secondary N) is 1. The summed E-state index contributed by atoms with van der Waals surface area (Å²) < 4.78 is 26.5. The summed E-state index contributed by atoms with van der Waals surface area (Å²) in [5, 5.41) is 1.71. The molecule has 0 saturated heterocycles. The third-order valence-electron chi connectivity index (χ3n) is 1.39. The molecule has 0 aliphatic rings. The lowest BCUT2D eigenvalue weighted by atomic mass is 10.5. The van der Waals surface area contributed by atoms with E-state index in [-0.39, 0.29) is 10.8 Å².